The molecule has 1 heterocycles. The van der Waals surface area contributed by atoms with Gasteiger partial charge in [0.15, 0.2) is 0 Å². The molecule has 0 amide bonds. The van der Waals surface area contributed by atoms with Crippen LogP contribution in [0.4, 0.5) is 0 Å². The predicted molar refractivity (Wildman–Crippen MR) is 54.6 cm³/mol. The molecule has 66 valence electrons. The van der Waals surface area contributed by atoms with E-state index in [1.54, 1.807) is 0 Å². The van der Waals surface area contributed by atoms with Gasteiger partial charge in [0.1, 0.15) is 0 Å². The number of benzene rings is 1. The van der Waals surface area contributed by atoms with E-state index in [2.05, 4.69) is 41.7 Å². The number of rotatable bonds is 0. The highest BCUT2D eigenvalue weighted by atomic mass is 15.0. The largest absolute Gasteiger partial charge is 0.305 e. The van der Waals surface area contributed by atoms with E-state index in [1.165, 1.54) is 23.3 Å². The van der Waals surface area contributed by atoms with Crippen LogP contribution in [0.25, 0.3) is 12.2 Å². The number of hydrogen-bond donors (Lipinski definition) is 1. The van der Waals surface area contributed by atoms with Crippen molar-refractivity contribution >= 4 is 12.2 Å². The van der Waals surface area contributed by atoms with Crippen LogP contribution in [0, 0.1) is 0 Å². The Labute approximate surface area is 77.8 Å². The minimum Gasteiger partial charge on any atom is -0.305 e. The zero-order valence-electron chi connectivity index (χ0n) is 7.59. The van der Waals surface area contributed by atoms with Crippen LogP contribution in [-0.4, -0.2) is 12.1 Å². The Morgan fingerprint density at radius 1 is 1.08 bits per heavy atom. The molecule has 1 aliphatic carbocycles. The summed E-state index contributed by atoms with van der Waals surface area (Å²) in [5, 5.41) is 6.34. The van der Waals surface area contributed by atoms with E-state index in [0.29, 0.717) is 0 Å². The predicted octanol–water partition coefficient (Wildman–Crippen LogP) is 0.383. The quantitative estimate of drug-likeness (QED) is 0.595. The minimum atomic E-state index is 0.198. The lowest BCUT2D eigenvalue weighted by Gasteiger charge is -2.17. The van der Waals surface area contributed by atoms with Gasteiger partial charge in [-0.2, -0.15) is 0 Å². The zero-order valence-corrected chi connectivity index (χ0v) is 7.59. The summed E-state index contributed by atoms with van der Waals surface area (Å²) in [4.78, 5) is 0. The Morgan fingerprint density at radius 3 is 2.31 bits per heavy atom. The Morgan fingerprint density at radius 2 is 1.77 bits per heavy atom. The summed E-state index contributed by atoms with van der Waals surface area (Å²) in [6.07, 6.45) is 7.29. The molecule has 1 saturated heterocycles. The monoisotopic (exact) mass is 171 g/mol. The summed E-state index contributed by atoms with van der Waals surface area (Å²) >= 11 is 0. The first-order chi connectivity index (χ1) is 6.38. The van der Waals surface area contributed by atoms with Gasteiger partial charge < -0.3 is 5.32 Å². The maximum absolute atomic E-state index is 3.57. The second-order valence-corrected chi connectivity index (χ2v) is 3.99. The molecular weight excluding hydrogens is 158 g/mol. The topological polar surface area (TPSA) is 12.0 Å². The zero-order chi connectivity index (χ0) is 8.73. The first kappa shape index (κ1) is 7.34. The molecule has 2 aliphatic rings. The van der Waals surface area contributed by atoms with Gasteiger partial charge in [0.25, 0.3) is 0 Å². The third-order valence-corrected chi connectivity index (χ3v) is 3.04. The van der Waals surface area contributed by atoms with Crippen LogP contribution in [-0.2, 0) is 0 Å². The highest BCUT2D eigenvalue weighted by molar-refractivity contribution is 5.62. The fourth-order valence-electron chi connectivity index (χ4n) is 2.41. The van der Waals surface area contributed by atoms with Gasteiger partial charge >= 0.3 is 0 Å². The lowest BCUT2D eigenvalue weighted by Crippen LogP contribution is -2.33. The minimum absolute atomic E-state index is 0.198. The number of fused-ring (bicyclic) bond motifs is 1. The molecule has 1 aromatic rings. The van der Waals surface area contributed by atoms with Crippen LogP contribution in [0.5, 0.6) is 0 Å². The van der Waals surface area contributed by atoms with E-state index in [9.17, 15) is 0 Å². The standard InChI is InChI=1S/C12H13N/c1-2-5-11-9-12(6-3-7-13-12)8-10(11)4-1/h1-2,4-5,8-9,13H,3,6-7H2. The highest BCUT2D eigenvalue weighted by Gasteiger charge is 2.30. The molecule has 0 bridgehead atoms. The van der Waals surface area contributed by atoms with E-state index in [0.717, 1.165) is 6.54 Å². The summed E-state index contributed by atoms with van der Waals surface area (Å²) in [6.45, 7) is 1.15. The molecule has 1 fully saturated rings. The molecule has 1 spiro atoms. The van der Waals surface area contributed by atoms with Gasteiger partial charge in [0.2, 0.25) is 0 Å². The molecule has 0 aromatic heterocycles. The van der Waals surface area contributed by atoms with Crippen LogP contribution >= 0.6 is 0 Å². The van der Waals surface area contributed by atoms with Crippen molar-refractivity contribution in [1.29, 1.82) is 0 Å². The van der Waals surface area contributed by atoms with Gasteiger partial charge in [-0.05, 0) is 29.8 Å². The lowest BCUT2D eigenvalue weighted by molar-refractivity contribution is 0.652. The van der Waals surface area contributed by atoms with Crippen molar-refractivity contribution in [3.05, 3.63) is 34.7 Å². The summed E-state index contributed by atoms with van der Waals surface area (Å²) in [5.41, 5.74) is 0.198. The molecule has 13 heavy (non-hydrogen) atoms. The van der Waals surface area contributed by atoms with Crippen molar-refractivity contribution < 1.29 is 0 Å². The van der Waals surface area contributed by atoms with E-state index in [4.69, 9.17) is 0 Å². The normalized spacial score (nSPS) is 22.5. The van der Waals surface area contributed by atoms with E-state index >= 15 is 0 Å². The summed E-state index contributed by atoms with van der Waals surface area (Å²) < 4.78 is 0. The maximum Gasteiger partial charge on any atom is 0.0568 e. The average molecular weight is 171 g/mol. The van der Waals surface area contributed by atoms with Crippen molar-refractivity contribution in [2.75, 3.05) is 6.54 Å². The molecule has 1 N–H and O–H groups in total. The van der Waals surface area contributed by atoms with Crippen molar-refractivity contribution in [2.24, 2.45) is 0 Å². The molecule has 0 radical (unpaired) electrons. The molecule has 1 aromatic carbocycles. The smallest absolute Gasteiger partial charge is 0.0568 e. The van der Waals surface area contributed by atoms with Crippen molar-refractivity contribution in [3.63, 3.8) is 0 Å². The third-order valence-electron chi connectivity index (χ3n) is 3.04. The molecule has 1 aliphatic heterocycles. The Bertz CT molecular complexity index is 401. The molecule has 0 unspecified atom stereocenters. The second-order valence-electron chi connectivity index (χ2n) is 3.99. The van der Waals surface area contributed by atoms with E-state index in [-0.39, 0.29) is 5.54 Å². The number of nitrogens with one attached hydrogen (secondary N) is 1. The van der Waals surface area contributed by atoms with Gasteiger partial charge in [-0.25, -0.2) is 0 Å². The summed E-state index contributed by atoms with van der Waals surface area (Å²) in [7, 11) is 0. The summed E-state index contributed by atoms with van der Waals surface area (Å²) in [5.74, 6) is 0. The molecule has 0 atom stereocenters. The van der Waals surface area contributed by atoms with Crippen LogP contribution in [0.2, 0.25) is 0 Å². The fourth-order valence-corrected chi connectivity index (χ4v) is 2.41. The Kier molecular flexibility index (Phi) is 1.39. The lowest BCUT2D eigenvalue weighted by atomic mass is 10.00. The summed E-state index contributed by atoms with van der Waals surface area (Å²) in [6, 6.07) is 8.61. The van der Waals surface area contributed by atoms with Gasteiger partial charge in [-0.3, -0.25) is 0 Å². The average Bonchev–Trinajstić information content (AvgIpc) is 2.72. The number of hydrogen-bond acceptors (Lipinski definition) is 1. The third kappa shape index (κ3) is 1.04. The maximum atomic E-state index is 3.57. The van der Waals surface area contributed by atoms with E-state index < -0.39 is 0 Å². The highest BCUT2D eigenvalue weighted by Crippen LogP contribution is 2.23. The second kappa shape index (κ2) is 2.46. The fraction of sp³-hybridized carbons (Fsp3) is 0.333. The molecular formula is C12H13N. The Hall–Kier alpha value is -1.08. The van der Waals surface area contributed by atoms with Crippen molar-refractivity contribution in [3.8, 4) is 0 Å². The Balaban J connectivity index is 2.22. The SMILES string of the molecule is C1=c2ccccc2=CC12CCCN2. The first-order valence-corrected chi connectivity index (χ1v) is 4.94. The van der Waals surface area contributed by atoms with Crippen LogP contribution in [0.3, 0.4) is 0 Å². The molecule has 1 nitrogen and oxygen atoms in total. The molecule has 1 heteroatoms. The molecule has 3 rings (SSSR count). The van der Waals surface area contributed by atoms with E-state index in [1.807, 2.05) is 0 Å². The van der Waals surface area contributed by atoms with Gasteiger partial charge in [0, 0.05) is 0 Å². The first-order valence-electron chi connectivity index (χ1n) is 4.94. The molecule has 0 saturated carbocycles. The van der Waals surface area contributed by atoms with Crippen LogP contribution in [0.1, 0.15) is 12.8 Å². The van der Waals surface area contributed by atoms with Gasteiger partial charge in [-0.1, -0.05) is 36.4 Å². The van der Waals surface area contributed by atoms with Crippen LogP contribution in [0.15, 0.2) is 24.3 Å². The van der Waals surface area contributed by atoms with Gasteiger partial charge in [0.05, 0.1) is 5.54 Å². The van der Waals surface area contributed by atoms with Crippen LogP contribution < -0.4 is 15.8 Å². The van der Waals surface area contributed by atoms with Crippen molar-refractivity contribution in [1.82, 2.24) is 5.32 Å². The van der Waals surface area contributed by atoms with Gasteiger partial charge in [-0.15, -0.1) is 0 Å². The van der Waals surface area contributed by atoms with Crippen molar-refractivity contribution in [2.45, 2.75) is 18.4 Å².